The number of nitrogens with one attached hydrogen (secondary N) is 1. The predicted molar refractivity (Wildman–Crippen MR) is 129 cm³/mol. The van der Waals surface area contributed by atoms with Crippen molar-refractivity contribution in [3.05, 3.63) is 22.2 Å². The molecule has 1 amide bonds. The highest BCUT2D eigenvalue weighted by Gasteiger charge is 2.40. The molecule has 182 valence electrons. The first-order chi connectivity index (χ1) is 15.6. The monoisotopic (exact) mass is 575 g/mol. The van der Waals surface area contributed by atoms with Crippen LogP contribution in [0.4, 0.5) is 10.7 Å². The lowest BCUT2D eigenvalue weighted by atomic mass is 10.0. The van der Waals surface area contributed by atoms with E-state index in [1.807, 2.05) is 4.57 Å². The van der Waals surface area contributed by atoms with Crippen molar-refractivity contribution in [2.75, 3.05) is 39.7 Å². The summed E-state index contributed by atoms with van der Waals surface area (Å²) < 4.78 is 29.5. The molecule has 3 atom stereocenters. The Kier molecular flexibility index (Phi) is 8.61. The maximum Gasteiger partial charge on any atom is 0.414 e. The minimum atomic E-state index is -0.637. The van der Waals surface area contributed by atoms with Crippen LogP contribution in [0, 0.1) is 9.62 Å². The lowest BCUT2D eigenvalue weighted by Crippen LogP contribution is -2.28. The first-order valence-electron chi connectivity index (χ1n) is 10.4. The van der Waals surface area contributed by atoms with Gasteiger partial charge in [-0.3, -0.25) is 5.32 Å². The van der Waals surface area contributed by atoms with Crippen LogP contribution in [0.15, 0.2) is 18.5 Å². The smallest absolute Gasteiger partial charge is 0.414 e. The van der Waals surface area contributed by atoms with E-state index in [-0.39, 0.29) is 37.6 Å². The molecule has 1 saturated carbocycles. The summed E-state index contributed by atoms with van der Waals surface area (Å²) in [5.41, 5.74) is 1.51. The normalized spacial score (nSPS) is 21.0. The Balaban J connectivity index is 1.88. The second-order valence-electron chi connectivity index (χ2n) is 8.61. The molecule has 33 heavy (non-hydrogen) atoms. The predicted octanol–water partition coefficient (Wildman–Crippen LogP) is 3.50. The van der Waals surface area contributed by atoms with Gasteiger partial charge in [-0.05, 0) is 55.4 Å². The number of fused-ring (bicyclic) bond motifs is 1. The zero-order valence-corrected chi connectivity index (χ0v) is 21.6. The van der Waals surface area contributed by atoms with E-state index in [2.05, 4.69) is 49.4 Å². The van der Waals surface area contributed by atoms with Crippen LogP contribution in [-0.4, -0.2) is 71.7 Å². The SMILES string of the molecule is C=C1[C@H](COCOC)[C@@H](OCOC)C[C@@H]1n1cnc2c(I)nc(NC(=O)OC(C)(C)C)nc21. The highest BCUT2D eigenvalue weighted by molar-refractivity contribution is 14.1. The number of halogens is 1. The van der Waals surface area contributed by atoms with Crippen LogP contribution in [0.1, 0.15) is 33.2 Å². The molecule has 2 heterocycles. The van der Waals surface area contributed by atoms with Gasteiger partial charge in [0.2, 0.25) is 5.95 Å². The molecule has 0 aromatic carbocycles. The molecule has 12 heteroatoms. The van der Waals surface area contributed by atoms with E-state index in [0.29, 0.717) is 27.9 Å². The van der Waals surface area contributed by atoms with E-state index in [4.69, 9.17) is 23.7 Å². The van der Waals surface area contributed by atoms with Gasteiger partial charge >= 0.3 is 6.09 Å². The number of ether oxygens (including phenoxy) is 5. The van der Waals surface area contributed by atoms with Gasteiger partial charge in [-0.1, -0.05) is 6.58 Å². The Morgan fingerprint density at radius 3 is 2.67 bits per heavy atom. The van der Waals surface area contributed by atoms with E-state index < -0.39 is 11.7 Å². The second-order valence-corrected chi connectivity index (χ2v) is 9.63. The third-order valence-corrected chi connectivity index (χ3v) is 5.79. The van der Waals surface area contributed by atoms with Crippen LogP contribution in [0.5, 0.6) is 0 Å². The summed E-state index contributed by atoms with van der Waals surface area (Å²) >= 11 is 2.07. The van der Waals surface area contributed by atoms with Crippen molar-refractivity contribution in [2.45, 2.75) is 44.9 Å². The van der Waals surface area contributed by atoms with Crippen molar-refractivity contribution in [2.24, 2.45) is 5.92 Å². The number of amides is 1. The third-order valence-electron chi connectivity index (χ3n) is 5.03. The number of imidazole rings is 1. The van der Waals surface area contributed by atoms with E-state index in [1.54, 1.807) is 41.3 Å². The Labute approximate surface area is 206 Å². The highest BCUT2D eigenvalue weighted by atomic mass is 127. The molecule has 11 nitrogen and oxygen atoms in total. The van der Waals surface area contributed by atoms with Crippen molar-refractivity contribution in [3.63, 3.8) is 0 Å². The van der Waals surface area contributed by atoms with Gasteiger partial charge in [-0.15, -0.1) is 0 Å². The molecule has 1 N–H and O–H groups in total. The number of carbonyl (C=O) groups is 1. The summed E-state index contributed by atoms with van der Waals surface area (Å²) in [6, 6.07) is -0.131. The van der Waals surface area contributed by atoms with Gasteiger partial charge in [0.15, 0.2) is 5.65 Å². The van der Waals surface area contributed by atoms with Crippen LogP contribution < -0.4 is 5.32 Å². The van der Waals surface area contributed by atoms with Crippen LogP contribution >= 0.6 is 22.6 Å². The van der Waals surface area contributed by atoms with Crippen molar-refractivity contribution in [1.82, 2.24) is 19.5 Å². The Hall–Kier alpha value is -1.87. The first kappa shape index (κ1) is 25.7. The van der Waals surface area contributed by atoms with E-state index in [0.717, 1.165) is 5.57 Å². The van der Waals surface area contributed by atoms with Gasteiger partial charge < -0.3 is 28.3 Å². The average Bonchev–Trinajstić information content (AvgIpc) is 3.27. The number of methoxy groups -OCH3 is 2. The molecule has 0 spiro atoms. The Bertz CT molecular complexity index is 991. The molecule has 1 aliphatic carbocycles. The summed E-state index contributed by atoms with van der Waals surface area (Å²) in [7, 11) is 3.16. The minimum absolute atomic E-state index is 0.0574. The largest absolute Gasteiger partial charge is 0.444 e. The number of hydrogen-bond acceptors (Lipinski definition) is 9. The Morgan fingerprint density at radius 1 is 1.27 bits per heavy atom. The van der Waals surface area contributed by atoms with Gasteiger partial charge in [0.1, 0.15) is 28.4 Å². The standard InChI is InChI=1S/C21H30IN5O6/c1-12-13(8-31-10-29-5)15(32-11-30-6)7-14(12)27-9-23-16-17(22)24-19(25-18(16)27)26-20(28)33-21(2,3)4/h9,13-15H,1,7-8,10-11H2,2-6H3,(H,24,25,26,28)/t13-,14-,15-/m0/s1. The number of nitrogens with zero attached hydrogens (tertiary/aromatic N) is 4. The third kappa shape index (κ3) is 6.38. The minimum Gasteiger partial charge on any atom is -0.444 e. The van der Waals surface area contributed by atoms with Gasteiger partial charge in [-0.25, -0.2) is 14.8 Å². The van der Waals surface area contributed by atoms with Crippen LogP contribution in [-0.2, 0) is 23.7 Å². The maximum absolute atomic E-state index is 12.2. The van der Waals surface area contributed by atoms with E-state index in [9.17, 15) is 4.79 Å². The van der Waals surface area contributed by atoms with E-state index >= 15 is 0 Å². The van der Waals surface area contributed by atoms with Crippen LogP contribution in [0.3, 0.4) is 0 Å². The van der Waals surface area contributed by atoms with Gasteiger partial charge in [0.05, 0.1) is 25.1 Å². The summed E-state index contributed by atoms with van der Waals surface area (Å²) in [4.78, 5) is 25.6. The molecule has 2 aromatic heterocycles. The Morgan fingerprint density at radius 2 is 2.00 bits per heavy atom. The first-order valence-corrected chi connectivity index (χ1v) is 11.5. The zero-order valence-electron chi connectivity index (χ0n) is 19.5. The zero-order chi connectivity index (χ0) is 24.2. The molecule has 0 aliphatic heterocycles. The summed E-state index contributed by atoms with van der Waals surface area (Å²) in [6.45, 7) is 10.4. The van der Waals surface area contributed by atoms with E-state index in [1.165, 1.54) is 0 Å². The molecule has 1 aliphatic rings. The van der Waals surface area contributed by atoms with Crippen molar-refractivity contribution in [1.29, 1.82) is 0 Å². The van der Waals surface area contributed by atoms with Gasteiger partial charge in [0, 0.05) is 20.1 Å². The number of carbonyl (C=O) groups excluding carboxylic acids is 1. The van der Waals surface area contributed by atoms with Crippen molar-refractivity contribution in [3.8, 4) is 0 Å². The molecule has 2 aromatic rings. The fourth-order valence-electron chi connectivity index (χ4n) is 3.69. The summed E-state index contributed by atoms with van der Waals surface area (Å²) in [5, 5.41) is 2.60. The maximum atomic E-state index is 12.2. The molecule has 0 radical (unpaired) electrons. The second kappa shape index (κ2) is 11.0. The van der Waals surface area contributed by atoms with Crippen molar-refractivity contribution < 1.29 is 28.5 Å². The molecule has 3 rings (SSSR count). The number of hydrogen-bond donors (Lipinski definition) is 1. The van der Waals surface area contributed by atoms with Gasteiger partial charge in [-0.2, -0.15) is 4.98 Å². The van der Waals surface area contributed by atoms with Gasteiger partial charge in [0.25, 0.3) is 0 Å². The lowest BCUT2D eigenvalue weighted by molar-refractivity contribution is -0.102. The van der Waals surface area contributed by atoms with Crippen LogP contribution in [0.25, 0.3) is 11.2 Å². The summed E-state index contributed by atoms with van der Waals surface area (Å²) in [6.07, 6.45) is 1.57. The molecule has 0 bridgehead atoms. The average molecular weight is 575 g/mol. The lowest BCUT2D eigenvalue weighted by Gasteiger charge is -2.20. The molecule has 1 fully saturated rings. The number of anilines is 1. The fourth-order valence-corrected chi connectivity index (χ4v) is 4.30. The number of aromatic nitrogens is 4. The molecular formula is C21H30IN5O6. The molecule has 0 unspecified atom stereocenters. The molecule has 0 saturated heterocycles. The molecular weight excluding hydrogens is 545 g/mol. The fraction of sp³-hybridized carbons (Fsp3) is 0.619. The summed E-state index contributed by atoms with van der Waals surface area (Å²) in [5.74, 6) is 0.0803. The topological polar surface area (TPSA) is 119 Å². The highest BCUT2D eigenvalue weighted by Crippen LogP contribution is 2.42. The number of rotatable bonds is 9. The van der Waals surface area contributed by atoms with Crippen molar-refractivity contribution >= 4 is 45.8 Å². The van der Waals surface area contributed by atoms with Crippen LogP contribution in [0.2, 0.25) is 0 Å². The quantitative estimate of drug-likeness (QED) is 0.158.